The Morgan fingerprint density at radius 3 is 2.67 bits per heavy atom. The molecule has 2 unspecified atom stereocenters. The second-order valence-corrected chi connectivity index (χ2v) is 7.41. The topological polar surface area (TPSA) is 32.3 Å². The van der Waals surface area contributed by atoms with Crippen LogP contribution in [0.4, 0.5) is 4.39 Å². The average Bonchev–Trinajstić information content (AvgIpc) is 3.23. The molecule has 0 aromatic heterocycles. The maximum atomic E-state index is 13.2. The number of nitrogens with one attached hydrogen (secondary N) is 1. The monoisotopic (exact) mass is 306 g/mol. The molecule has 1 amide bonds. The van der Waals surface area contributed by atoms with Gasteiger partial charge in [0, 0.05) is 11.8 Å². The highest BCUT2D eigenvalue weighted by atomic mass is 32.2. The fraction of sp³-hybridized carbons (Fsp3) is 0.562. The Morgan fingerprint density at radius 2 is 2.05 bits per heavy atom. The zero-order valence-corrected chi connectivity index (χ0v) is 12.7. The summed E-state index contributed by atoms with van der Waals surface area (Å²) in [4.78, 5) is 14.9. The van der Waals surface area contributed by atoms with Crippen LogP contribution in [0.3, 0.4) is 0 Å². The van der Waals surface area contributed by atoms with Gasteiger partial charge in [0.15, 0.2) is 0 Å². The van der Waals surface area contributed by atoms with Gasteiger partial charge in [0.1, 0.15) is 17.5 Å². The minimum Gasteiger partial charge on any atom is -0.317 e. The Bertz CT molecular complexity index is 552. The van der Waals surface area contributed by atoms with Gasteiger partial charge in [-0.25, -0.2) is 4.39 Å². The van der Waals surface area contributed by atoms with E-state index in [4.69, 9.17) is 0 Å². The summed E-state index contributed by atoms with van der Waals surface area (Å²) >= 11 is 1.93. The highest BCUT2D eigenvalue weighted by molar-refractivity contribution is 7.99. The molecule has 1 spiro atoms. The van der Waals surface area contributed by atoms with Gasteiger partial charge in [-0.15, -0.1) is 0 Å². The standard InChI is InChI=1S/C16H19FN2OS/c17-12-5-3-11(4-6-12)14-18-16(7-8-16)15(20)19(14)13-2-1-9-21-10-13/h3-6,13-14,18H,1-2,7-10H2. The average molecular weight is 306 g/mol. The van der Waals surface area contributed by atoms with E-state index in [-0.39, 0.29) is 23.4 Å². The third-order valence-electron chi connectivity index (χ3n) is 4.80. The van der Waals surface area contributed by atoms with Gasteiger partial charge < -0.3 is 4.90 Å². The van der Waals surface area contributed by atoms with E-state index in [9.17, 15) is 9.18 Å². The van der Waals surface area contributed by atoms with Gasteiger partial charge in [-0.05, 0) is 49.1 Å². The molecule has 3 aliphatic rings. The van der Waals surface area contributed by atoms with E-state index in [1.54, 1.807) is 12.1 Å². The summed E-state index contributed by atoms with van der Waals surface area (Å²) in [6.07, 6.45) is 4.01. The molecule has 2 saturated heterocycles. The molecule has 1 N–H and O–H groups in total. The number of rotatable bonds is 2. The summed E-state index contributed by atoms with van der Waals surface area (Å²) in [5, 5.41) is 3.52. The molecule has 1 aliphatic carbocycles. The van der Waals surface area contributed by atoms with Crippen molar-refractivity contribution in [1.82, 2.24) is 10.2 Å². The first-order chi connectivity index (χ1) is 10.2. The minimum atomic E-state index is -0.318. The van der Waals surface area contributed by atoms with Crippen LogP contribution in [0.5, 0.6) is 0 Å². The zero-order chi connectivity index (χ0) is 14.4. The molecule has 1 saturated carbocycles. The molecule has 2 heterocycles. The van der Waals surface area contributed by atoms with Gasteiger partial charge in [0.05, 0.1) is 0 Å². The maximum Gasteiger partial charge on any atom is 0.244 e. The molecule has 5 heteroatoms. The predicted octanol–water partition coefficient (Wildman–Crippen LogP) is 2.68. The van der Waals surface area contributed by atoms with Gasteiger partial charge >= 0.3 is 0 Å². The fourth-order valence-electron chi connectivity index (χ4n) is 3.45. The molecule has 1 aromatic carbocycles. The Labute approximate surface area is 128 Å². The van der Waals surface area contributed by atoms with E-state index < -0.39 is 0 Å². The number of halogens is 1. The number of carbonyl (C=O) groups excluding carboxylic acids is 1. The van der Waals surface area contributed by atoms with Crippen molar-refractivity contribution >= 4 is 17.7 Å². The summed E-state index contributed by atoms with van der Waals surface area (Å²) in [6, 6.07) is 6.86. The molecular weight excluding hydrogens is 287 g/mol. The normalized spacial score (nSPS) is 30.9. The Kier molecular flexibility index (Phi) is 3.23. The molecular formula is C16H19FN2OS. The van der Waals surface area contributed by atoms with Crippen LogP contribution in [-0.4, -0.2) is 33.9 Å². The van der Waals surface area contributed by atoms with Crippen LogP contribution in [0, 0.1) is 5.82 Å². The first-order valence-electron chi connectivity index (χ1n) is 7.63. The van der Waals surface area contributed by atoms with E-state index in [1.807, 2.05) is 16.7 Å². The van der Waals surface area contributed by atoms with Crippen molar-refractivity contribution in [3.05, 3.63) is 35.6 Å². The first-order valence-corrected chi connectivity index (χ1v) is 8.79. The highest BCUT2D eigenvalue weighted by Crippen LogP contribution is 2.47. The number of hydrogen-bond acceptors (Lipinski definition) is 3. The molecule has 2 aliphatic heterocycles. The summed E-state index contributed by atoms with van der Waals surface area (Å²) in [7, 11) is 0. The molecule has 3 nitrogen and oxygen atoms in total. The molecule has 112 valence electrons. The number of thioether (sulfide) groups is 1. The van der Waals surface area contributed by atoms with E-state index in [1.165, 1.54) is 24.3 Å². The van der Waals surface area contributed by atoms with Gasteiger partial charge in [-0.3, -0.25) is 10.1 Å². The lowest BCUT2D eigenvalue weighted by molar-refractivity contribution is -0.132. The van der Waals surface area contributed by atoms with Crippen molar-refractivity contribution < 1.29 is 9.18 Å². The second kappa shape index (κ2) is 4.99. The molecule has 0 bridgehead atoms. The quantitative estimate of drug-likeness (QED) is 0.912. The number of hydrogen-bond donors (Lipinski definition) is 1. The van der Waals surface area contributed by atoms with Gasteiger partial charge in [-0.1, -0.05) is 12.1 Å². The molecule has 21 heavy (non-hydrogen) atoms. The van der Waals surface area contributed by atoms with Crippen molar-refractivity contribution in [2.45, 2.75) is 43.4 Å². The van der Waals surface area contributed by atoms with Gasteiger partial charge in [0.2, 0.25) is 5.91 Å². The molecule has 2 atom stereocenters. The summed E-state index contributed by atoms with van der Waals surface area (Å²) < 4.78 is 13.2. The third kappa shape index (κ3) is 2.27. The number of nitrogens with zero attached hydrogens (tertiary/aromatic N) is 1. The summed E-state index contributed by atoms with van der Waals surface area (Å²) in [5.74, 6) is 2.23. The van der Waals surface area contributed by atoms with Crippen molar-refractivity contribution in [1.29, 1.82) is 0 Å². The van der Waals surface area contributed by atoms with Crippen LogP contribution >= 0.6 is 11.8 Å². The largest absolute Gasteiger partial charge is 0.317 e. The zero-order valence-electron chi connectivity index (χ0n) is 11.8. The third-order valence-corrected chi connectivity index (χ3v) is 6.00. The Hall–Kier alpha value is -1.07. The van der Waals surface area contributed by atoms with Crippen LogP contribution in [0.1, 0.15) is 37.4 Å². The second-order valence-electron chi connectivity index (χ2n) is 6.26. The lowest BCUT2D eigenvalue weighted by Crippen LogP contribution is -2.43. The van der Waals surface area contributed by atoms with Gasteiger partial charge in [0.25, 0.3) is 0 Å². The van der Waals surface area contributed by atoms with E-state index in [0.29, 0.717) is 6.04 Å². The van der Waals surface area contributed by atoms with Crippen LogP contribution in [0.15, 0.2) is 24.3 Å². The lowest BCUT2D eigenvalue weighted by Gasteiger charge is -2.35. The number of benzene rings is 1. The first kappa shape index (κ1) is 13.6. The van der Waals surface area contributed by atoms with Crippen molar-refractivity contribution in [2.24, 2.45) is 0 Å². The van der Waals surface area contributed by atoms with E-state index in [0.717, 1.165) is 30.6 Å². The van der Waals surface area contributed by atoms with Crippen LogP contribution in [0.25, 0.3) is 0 Å². The summed E-state index contributed by atoms with van der Waals surface area (Å²) in [5.41, 5.74) is 0.672. The van der Waals surface area contributed by atoms with Crippen LogP contribution < -0.4 is 5.32 Å². The lowest BCUT2D eigenvalue weighted by atomic mass is 10.1. The number of amides is 1. The van der Waals surface area contributed by atoms with Crippen LogP contribution in [0.2, 0.25) is 0 Å². The molecule has 4 rings (SSSR count). The highest BCUT2D eigenvalue weighted by Gasteiger charge is 2.60. The minimum absolute atomic E-state index is 0.0932. The number of carbonyl (C=O) groups is 1. The Morgan fingerprint density at radius 1 is 1.29 bits per heavy atom. The van der Waals surface area contributed by atoms with Crippen molar-refractivity contribution in [3.63, 3.8) is 0 Å². The van der Waals surface area contributed by atoms with Crippen molar-refractivity contribution in [3.8, 4) is 0 Å². The Balaban J connectivity index is 1.66. The maximum absolute atomic E-state index is 13.2. The smallest absolute Gasteiger partial charge is 0.244 e. The van der Waals surface area contributed by atoms with Crippen molar-refractivity contribution in [2.75, 3.05) is 11.5 Å². The molecule has 0 radical (unpaired) electrons. The predicted molar refractivity (Wildman–Crippen MR) is 81.4 cm³/mol. The van der Waals surface area contributed by atoms with Gasteiger partial charge in [-0.2, -0.15) is 11.8 Å². The fourth-order valence-corrected chi connectivity index (χ4v) is 4.59. The molecule has 1 aromatic rings. The SMILES string of the molecule is O=C1N(C2CCCSC2)C(c2ccc(F)cc2)NC12CC2. The van der Waals surface area contributed by atoms with Crippen LogP contribution in [-0.2, 0) is 4.79 Å². The summed E-state index contributed by atoms with van der Waals surface area (Å²) in [6.45, 7) is 0. The van der Waals surface area contributed by atoms with E-state index >= 15 is 0 Å². The van der Waals surface area contributed by atoms with E-state index in [2.05, 4.69) is 5.32 Å². The molecule has 3 fully saturated rings.